The van der Waals surface area contributed by atoms with E-state index in [0.29, 0.717) is 0 Å². The molecule has 1 atom stereocenters. The molecule has 2 rings (SSSR count). The van der Waals surface area contributed by atoms with Crippen molar-refractivity contribution in [2.24, 2.45) is 0 Å². The molecule has 0 bridgehead atoms. The van der Waals surface area contributed by atoms with Gasteiger partial charge in [-0.2, -0.15) is 4.72 Å². The summed E-state index contributed by atoms with van der Waals surface area (Å²) < 4.78 is 57.8. The average molecular weight is 307 g/mol. The largest absolute Gasteiger partial charge is 0.480 e. The third kappa shape index (κ3) is 2.51. The molecule has 1 aliphatic rings. The second-order valence-corrected chi connectivity index (χ2v) is 5.97. The normalized spacial score (nSPS) is 22.9. The third-order valence-electron chi connectivity index (χ3n) is 2.95. The van der Waals surface area contributed by atoms with E-state index in [1.807, 2.05) is 4.72 Å². The maximum absolute atomic E-state index is 13.5. The number of carbonyl (C=O) groups is 1. The van der Waals surface area contributed by atoms with Crippen LogP contribution in [0.1, 0.15) is 6.42 Å². The van der Waals surface area contributed by atoms with E-state index in [4.69, 9.17) is 9.84 Å². The van der Waals surface area contributed by atoms with Gasteiger partial charge in [0, 0.05) is 13.0 Å². The Bertz CT molecular complexity index is 620. The fraction of sp³-hybridized carbons (Fsp3) is 0.364. The number of ether oxygens (including phenoxy) is 1. The number of carboxylic acid groups (broad SMARTS) is 1. The van der Waals surface area contributed by atoms with Crippen LogP contribution in [0.25, 0.3) is 0 Å². The number of carboxylic acids is 1. The monoisotopic (exact) mass is 307 g/mol. The van der Waals surface area contributed by atoms with E-state index in [1.54, 1.807) is 0 Å². The summed E-state index contributed by atoms with van der Waals surface area (Å²) in [6.45, 7) is -0.369. The summed E-state index contributed by atoms with van der Waals surface area (Å²) in [7, 11) is -4.67. The van der Waals surface area contributed by atoms with E-state index in [-0.39, 0.29) is 13.0 Å². The zero-order chi connectivity index (χ0) is 15.0. The van der Waals surface area contributed by atoms with Crippen LogP contribution in [0.15, 0.2) is 23.1 Å². The van der Waals surface area contributed by atoms with Crippen molar-refractivity contribution in [2.45, 2.75) is 16.9 Å². The molecular formula is C11H11F2NO5S. The van der Waals surface area contributed by atoms with Gasteiger partial charge >= 0.3 is 5.97 Å². The van der Waals surface area contributed by atoms with Gasteiger partial charge < -0.3 is 9.84 Å². The van der Waals surface area contributed by atoms with E-state index in [2.05, 4.69) is 0 Å². The lowest BCUT2D eigenvalue weighted by Gasteiger charge is -2.23. The summed E-state index contributed by atoms with van der Waals surface area (Å²) in [5.41, 5.74) is -1.91. The first-order valence-corrected chi connectivity index (χ1v) is 7.06. The van der Waals surface area contributed by atoms with Gasteiger partial charge in [-0.15, -0.1) is 0 Å². The molecule has 20 heavy (non-hydrogen) atoms. The SMILES string of the molecule is O=C(O)C1(NS(=O)(=O)c2c(F)cccc2F)CCOC1. The summed E-state index contributed by atoms with van der Waals surface area (Å²) in [4.78, 5) is 10.0. The fourth-order valence-electron chi connectivity index (χ4n) is 1.91. The second kappa shape index (κ2) is 5.08. The molecule has 1 aromatic rings. The van der Waals surface area contributed by atoms with E-state index in [0.717, 1.165) is 18.2 Å². The molecule has 0 spiro atoms. The third-order valence-corrected chi connectivity index (χ3v) is 4.54. The van der Waals surface area contributed by atoms with Gasteiger partial charge in [0.25, 0.3) is 0 Å². The molecule has 1 aromatic carbocycles. The van der Waals surface area contributed by atoms with E-state index in [1.165, 1.54) is 0 Å². The van der Waals surface area contributed by atoms with Crippen LogP contribution in [0.3, 0.4) is 0 Å². The number of aliphatic carboxylic acids is 1. The molecule has 0 saturated carbocycles. The van der Waals surface area contributed by atoms with Crippen molar-refractivity contribution >= 4 is 16.0 Å². The molecule has 1 aliphatic heterocycles. The van der Waals surface area contributed by atoms with Gasteiger partial charge in [0.05, 0.1) is 6.61 Å². The summed E-state index contributed by atoms with van der Waals surface area (Å²) in [6.07, 6.45) is -0.127. The number of hydrogen-bond donors (Lipinski definition) is 2. The Morgan fingerprint density at radius 3 is 2.40 bits per heavy atom. The van der Waals surface area contributed by atoms with Crippen molar-refractivity contribution in [3.8, 4) is 0 Å². The summed E-state index contributed by atoms with van der Waals surface area (Å²) in [5.74, 6) is -4.05. The Balaban J connectivity index is 2.44. The van der Waals surface area contributed by atoms with Crippen LogP contribution in [-0.2, 0) is 19.6 Å². The predicted molar refractivity (Wildman–Crippen MR) is 62.5 cm³/mol. The Labute approximate surface area is 113 Å². The van der Waals surface area contributed by atoms with Crippen molar-refractivity contribution in [3.05, 3.63) is 29.8 Å². The van der Waals surface area contributed by atoms with Crippen molar-refractivity contribution < 1.29 is 31.8 Å². The van der Waals surface area contributed by atoms with Crippen LogP contribution < -0.4 is 4.72 Å². The van der Waals surface area contributed by atoms with Gasteiger partial charge in [-0.3, -0.25) is 4.79 Å². The first-order valence-electron chi connectivity index (χ1n) is 5.58. The molecule has 6 nitrogen and oxygen atoms in total. The summed E-state index contributed by atoms with van der Waals surface area (Å²) in [5, 5.41) is 9.12. The highest BCUT2D eigenvalue weighted by molar-refractivity contribution is 7.89. The minimum Gasteiger partial charge on any atom is -0.480 e. The number of nitrogens with one attached hydrogen (secondary N) is 1. The van der Waals surface area contributed by atoms with Crippen molar-refractivity contribution in [3.63, 3.8) is 0 Å². The number of halogens is 2. The molecule has 0 aromatic heterocycles. The Hall–Kier alpha value is -1.58. The number of rotatable bonds is 4. The van der Waals surface area contributed by atoms with Crippen molar-refractivity contribution in [1.82, 2.24) is 4.72 Å². The molecule has 2 N–H and O–H groups in total. The molecule has 1 saturated heterocycles. The lowest BCUT2D eigenvalue weighted by atomic mass is 10.0. The lowest BCUT2D eigenvalue weighted by molar-refractivity contribution is -0.144. The van der Waals surface area contributed by atoms with Gasteiger partial charge in [-0.05, 0) is 12.1 Å². The first-order chi connectivity index (χ1) is 9.28. The Morgan fingerprint density at radius 1 is 1.35 bits per heavy atom. The Kier molecular flexibility index (Phi) is 3.76. The molecule has 0 aliphatic carbocycles. The lowest BCUT2D eigenvalue weighted by Crippen LogP contribution is -2.55. The first kappa shape index (κ1) is 14.8. The zero-order valence-electron chi connectivity index (χ0n) is 10.1. The molecule has 1 fully saturated rings. The quantitative estimate of drug-likeness (QED) is 0.844. The van der Waals surface area contributed by atoms with E-state index >= 15 is 0 Å². The second-order valence-electron chi connectivity index (χ2n) is 4.35. The fourth-order valence-corrected chi connectivity index (χ4v) is 3.42. The maximum atomic E-state index is 13.5. The van der Waals surface area contributed by atoms with E-state index in [9.17, 15) is 22.0 Å². The Morgan fingerprint density at radius 2 is 1.95 bits per heavy atom. The standard InChI is InChI=1S/C11H11F2NO5S/c12-7-2-1-3-8(13)9(7)20(17,18)14-11(10(15)16)4-5-19-6-11/h1-3,14H,4-6H2,(H,15,16). The summed E-state index contributed by atoms with van der Waals surface area (Å²) in [6, 6.07) is 2.56. The number of hydrogen-bond acceptors (Lipinski definition) is 4. The number of benzene rings is 1. The van der Waals surface area contributed by atoms with Crippen LogP contribution in [-0.4, -0.2) is 38.2 Å². The molecule has 9 heteroatoms. The van der Waals surface area contributed by atoms with Crippen molar-refractivity contribution in [2.75, 3.05) is 13.2 Å². The minimum atomic E-state index is -4.67. The average Bonchev–Trinajstić information content (AvgIpc) is 2.77. The van der Waals surface area contributed by atoms with Gasteiger partial charge in [0.1, 0.15) is 11.6 Å². The van der Waals surface area contributed by atoms with Gasteiger partial charge in [-0.25, -0.2) is 17.2 Å². The molecule has 0 amide bonds. The smallest absolute Gasteiger partial charge is 0.327 e. The van der Waals surface area contributed by atoms with Crippen LogP contribution in [0.5, 0.6) is 0 Å². The summed E-state index contributed by atoms with van der Waals surface area (Å²) >= 11 is 0. The highest BCUT2D eigenvalue weighted by Crippen LogP contribution is 2.25. The highest BCUT2D eigenvalue weighted by Gasteiger charge is 2.46. The van der Waals surface area contributed by atoms with Crippen LogP contribution in [0, 0.1) is 11.6 Å². The molecule has 1 unspecified atom stereocenters. The van der Waals surface area contributed by atoms with Gasteiger partial charge in [0.15, 0.2) is 10.4 Å². The number of sulfonamides is 1. The highest BCUT2D eigenvalue weighted by atomic mass is 32.2. The minimum absolute atomic E-state index is 0.0363. The molecule has 110 valence electrons. The molecular weight excluding hydrogens is 296 g/mol. The van der Waals surface area contributed by atoms with Crippen LogP contribution in [0.2, 0.25) is 0 Å². The van der Waals surface area contributed by atoms with Crippen LogP contribution in [0.4, 0.5) is 8.78 Å². The molecule has 0 radical (unpaired) electrons. The predicted octanol–water partition coefficient (Wildman–Crippen LogP) is 0.487. The van der Waals surface area contributed by atoms with Gasteiger partial charge in [-0.1, -0.05) is 6.07 Å². The van der Waals surface area contributed by atoms with Crippen LogP contribution >= 0.6 is 0 Å². The van der Waals surface area contributed by atoms with E-state index < -0.39 is 44.7 Å². The maximum Gasteiger partial charge on any atom is 0.327 e. The molecule has 1 heterocycles. The van der Waals surface area contributed by atoms with Gasteiger partial charge in [0.2, 0.25) is 10.0 Å². The zero-order valence-corrected chi connectivity index (χ0v) is 10.9. The van der Waals surface area contributed by atoms with Crippen molar-refractivity contribution in [1.29, 1.82) is 0 Å². The topological polar surface area (TPSA) is 92.7 Å².